The molecule has 0 aliphatic carbocycles. The van der Waals surface area contributed by atoms with E-state index in [1.165, 1.54) is 5.39 Å². The summed E-state index contributed by atoms with van der Waals surface area (Å²) in [7, 11) is 1.90. The second-order valence-electron chi connectivity index (χ2n) is 3.07. The Hall–Kier alpha value is -1.19. The first-order chi connectivity index (χ1) is 6.83. The van der Waals surface area contributed by atoms with E-state index in [4.69, 9.17) is 4.55 Å². The monoisotopic (exact) mass is 205 g/mol. The highest BCUT2D eigenvalue weighted by molar-refractivity contribution is 7.93. The van der Waals surface area contributed by atoms with E-state index in [1.807, 2.05) is 37.4 Å². The third-order valence-electron chi connectivity index (χ3n) is 2.21. The van der Waals surface area contributed by atoms with Crippen LogP contribution < -0.4 is 5.32 Å². The zero-order valence-electron chi connectivity index (χ0n) is 7.82. The molecule has 2 N–H and O–H groups in total. The van der Waals surface area contributed by atoms with Crippen molar-refractivity contribution in [3.8, 4) is 0 Å². The molecule has 2 nitrogen and oxygen atoms in total. The lowest BCUT2D eigenvalue weighted by atomic mass is 10.1. The molecule has 0 heterocycles. The van der Waals surface area contributed by atoms with Gasteiger partial charge in [0.1, 0.15) is 0 Å². The summed E-state index contributed by atoms with van der Waals surface area (Å²) in [5, 5.41) is 5.41. The molecule has 0 aliphatic heterocycles. The van der Waals surface area contributed by atoms with Crippen LogP contribution in [-0.2, 0) is 0 Å². The highest BCUT2D eigenvalue weighted by atomic mass is 32.2. The van der Waals surface area contributed by atoms with Crippen molar-refractivity contribution in [3.05, 3.63) is 36.4 Å². The van der Waals surface area contributed by atoms with Crippen LogP contribution in [0, 0.1) is 0 Å². The first-order valence-corrected chi connectivity index (χ1v) is 5.14. The highest BCUT2D eigenvalue weighted by Gasteiger charge is 1.97. The Morgan fingerprint density at radius 3 is 2.50 bits per heavy atom. The van der Waals surface area contributed by atoms with Crippen LogP contribution >= 0.6 is 12.0 Å². The molecule has 0 amide bonds. The van der Waals surface area contributed by atoms with Crippen LogP contribution in [0.1, 0.15) is 0 Å². The van der Waals surface area contributed by atoms with E-state index in [1.54, 1.807) is 0 Å². The van der Waals surface area contributed by atoms with Gasteiger partial charge in [-0.05, 0) is 35.0 Å². The van der Waals surface area contributed by atoms with E-state index in [2.05, 4.69) is 11.4 Å². The molecule has 2 aromatic rings. The van der Waals surface area contributed by atoms with E-state index in [9.17, 15) is 0 Å². The Balaban J connectivity index is 2.57. The number of fused-ring (bicyclic) bond motifs is 1. The summed E-state index contributed by atoms with van der Waals surface area (Å²) in [6, 6.07) is 12.0. The Morgan fingerprint density at radius 2 is 1.79 bits per heavy atom. The molecule has 0 saturated heterocycles. The molecular weight excluding hydrogens is 194 g/mol. The van der Waals surface area contributed by atoms with Crippen molar-refractivity contribution in [1.82, 2.24) is 0 Å². The van der Waals surface area contributed by atoms with Crippen LogP contribution in [0.25, 0.3) is 10.8 Å². The zero-order valence-corrected chi connectivity index (χ0v) is 8.64. The number of hydrogen-bond acceptors (Lipinski definition) is 3. The number of rotatable bonds is 2. The minimum Gasteiger partial charge on any atom is -0.388 e. The second-order valence-corrected chi connectivity index (χ2v) is 3.72. The predicted molar refractivity (Wildman–Crippen MR) is 62.0 cm³/mol. The average molecular weight is 205 g/mol. The molecular formula is C11H11NOS. The number of anilines is 1. The normalized spacial score (nSPS) is 10.4. The van der Waals surface area contributed by atoms with Gasteiger partial charge in [-0.25, -0.2) is 0 Å². The molecule has 0 spiro atoms. The zero-order chi connectivity index (χ0) is 9.97. The van der Waals surface area contributed by atoms with Crippen molar-refractivity contribution in [3.63, 3.8) is 0 Å². The highest BCUT2D eigenvalue weighted by Crippen LogP contribution is 2.23. The molecule has 0 aliphatic rings. The molecule has 2 rings (SSSR count). The first kappa shape index (κ1) is 9.37. The molecule has 72 valence electrons. The van der Waals surface area contributed by atoms with Crippen LogP contribution in [0.5, 0.6) is 0 Å². The molecule has 0 radical (unpaired) electrons. The first-order valence-electron chi connectivity index (χ1n) is 4.36. The summed E-state index contributed by atoms with van der Waals surface area (Å²) in [6.07, 6.45) is 0. The molecule has 14 heavy (non-hydrogen) atoms. The predicted octanol–water partition coefficient (Wildman–Crippen LogP) is 3.45. The van der Waals surface area contributed by atoms with Crippen molar-refractivity contribution >= 4 is 28.5 Å². The smallest absolute Gasteiger partial charge is 0.0357 e. The summed E-state index contributed by atoms with van der Waals surface area (Å²) in [6.45, 7) is 0. The van der Waals surface area contributed by atoms with Gasteiger partial charge in [0, 0.05) is 29.7 Å². The van der Waals surface area contributed by atoms with Crippen molar-refractivity contribution in [1.29, 1.82) is 0 Å². The van der Waals surface area contributed by atoms with E-state index < -0.39 is 0 Å². The van der Waals surface area contributed by atoms with Gasteiger partial charge in [0.15, 0.2) is 0 Å². The Bertz CT molecular complexity index is 413. The van der Waals surface area contributed by atoms with Crippen molar-refractivity contribution < 1.29 is 4.55 Å². The molecule has 0 saturated carbocycles. The average Bonchev–Trinajstić information content (AvgIpc) is 2.27. The van der Waals surface area contributed by atoms with Gasteiger partial charge in [-0.1, -0.05) is 12.1 Å². The number of hydrogen-bond donors (Lipinski definition) is 2. The van der Waals surface area contributed by atoms with E-state index in [-0.39, 0.29) is 0 Å². The summed E-state index contributed by atoms with van der Waals surface area (Å²) < 4.78 is 8.90. The van der Waals surface area contributed by atoms with Crippen molar-refractivity contribution in [2.24, 2.45) is 0 Å². The third-order valence-corrected chi connectivity index (χ3v) is 2.67. The van der Waals surface area contributed by atoms with E-state index in [0.717, 1.165) is 28.0 Å². The topological polar surface area (TPSA) is 32.3 Å². The van der Waals surface area contributed by atoms with E-state index >= 15 is 0 Å². The molecule has 0 aromatic heterocycles. The third kappa shape index (κ3) is 1.69. The van der Waals surface area contributed by atoms with Crippen LogP contribution in [0.3, 0.4) is 0 Å². The molecule has 0 atom stereocenters. The summed E-state index contributed by atoms with van der Waals surface area (Å²) >= 11 is 0.778. The van der Waals surface area contributed by atoms with Crippen molar-refractivity contribution in [2.75, 3.05) is 12.4 Å². The Labute approximate surface area is 87.2 Å². The van der Waals surface area contributed by atoms with Gasteiger partial charge in [-0.3, -0.25) is 0 Å². The fourth-order valence-corrected chi connectivity index (χ4v) is 1.74. The SMILES string of the molecule is CNc1ccc2cc(SO)ccc2c1. The lowest BCUT2D eigenvalue weighted by Gasteiger charge is -2.03. The van der Waals surface area contributed by atoms with Gasteiger partial charge in [0.2, 0.25) is 0 Å². The van der Waals surface area contributed by atoms with Crippen LogP contribution in [-0.4, -0.2) is 11.6 Å². The molecule has 0 bridgehead atoms. The molecule has 0 fully saturated rings. The minimum absolute atomic E-state index is 0.778. The van der Waals surface area contributed by atoms with Crippen LogP contribution in [0.15, 0.2) is 41.3 Å². The van der Waals surface area contributed by atoms with Crippen molar-refractivity contribution in [2.45, 2.75) is 4.90 Å². The van der Waals surface area contributed by atoms with Gasteiger partial charge in [-0.15, -0.1) is 0 Å². The largest absolute Gasteiger partial charge is 0.388 e. The van der Waals surface area contributed by atoms with Gasteiger partial charge in [0.05, 0.1) is 0 Å². The quantitative estimate of drug-likeness (QED) is 0.736. The minimum atomic E-state index is 0.778. The van der Waals surface area contributed by atoms with Gasteiger partial charge >= 0.3 is 0 Å². The number of benzene rings is 2. The maximum absolute atomic E-state index is 8.90. The summed E-state index contributed by atoms with van der Waals surface area (Å²) in [5.74, 6) is 0. The maximum Gasteiger partial charge on any atom is 0.0357 e. The number of nitrogens with one attached hydrogen (secondary N) is 1. The van der Waals surface area contributed by atoms with Crippen LogP contribution in [0.2, 0.25) is 0 Å². The summed E-state index contributed by atoms with van der Waals surface area (Å²) in [4.78, 5) is 0.870. The Kier molecular flexibility index (Phi) is 2.61. The standard InChI is InChI=1S/C11H11NOS/c1-12-10-4-2-9-7-11(14-13)5-3-8(9)6-10/h2-7,12-13H,1H3. The lowest BCUT2D eigenvalue weighted by molar-refractivity contribution is 0.664. The maximum atomic E-state index is 8.90. The van der Waals surface area contributed by atoms with E-state index in [0.29, 0.717) is 0 Å². The van der Waals surface area contributed by atoms with Crippen LogP contribution in [0.4, 0.5) is 5.69 Å². The molecule has 2 aromatic carbocycles. The molecule has 3 heteroatoms. The second kappa shape index (κ2) is 3.90. The van der Waals surface area contributed by atoms with Gasteiger partial charge in [0.25, 0.3) is 0 Å². The van der Waals surface area contributed by atoms with Gasteiger partial charge < -0.3 is 9.87 Å². The molecule has 0 unspecified atom stereocenters. The summed E-state index contributed by atoms with van der Waals surface area (Å²) in [5.41, 5.74) is 1.10. The Morgan fingerprint density at radius 1 is 1.07 bits per heavy atom. The lowest BCUT2D eigenvalue weighted by Crippen LogP contribution is -1.86. The fourth-order valence-electron chi connectivity index (χ4n) is 1.44. The fraction of sp³-hybridized carbons (Fsp3) is 0.0909. The van der Waals surface area contributed by atoms with Gasteiger partial charge in [-0.2, -0.15) is 0 Å².